The van der Waals surface area contributed by atoms with E-state index in [1.165, 1.54) is 36.8 Å². The van der Waals surface area contributed by atoms with Gasteiger partial charge in [-0.05, 0) is 36.3 Å². The molecule has 2 rings (SSSR count). The van der Waals surface area contributed by atoms with Crippen LogP contribution >= 0.6 is 0 Å². The summed E-state index contributed by atoms with van der Waals surface area (Å²) in [5.74, 6) is 0.833. The van der Waals surface area contributed by atoms with E-state index in [-0.39, 0.29) is 0 Å². The van der Waals surface area contributed by atoms with E-state index in [4.69, 9.17) is 0 Å². The van der Waals surface area contributed by atoms with Crippen LogP contribution in [-0.2, 0) is 6.42 Å². The van der Waals surface area contributed by atoms with Gasteiger partial charge in [0.25, 0.3) is 0 Å². The number of benzene rings is 1. The fourth-order valence-corrected chi connectivity index (χ4v) is 2.20. The van der Waals surface area contributed by atoms with Crippen LogP contribution in [0.1, 0.15) is 37.3 Å². The summed E-state index contributed by atoms with van der Waals surface area (Å²) in [6.07, 6.45) is 7.75. The van der Waals surface area contributed by atoms with Gasteiger partial charge >= 0.3 is 0 Å². The van der Waals surface area contributed by atoms with Crippen LogP contribution in [0.4, 0.5) is 0 Å². The van der Waals surface area contributed by atoms with Gasteiger partial charge in [-0.25, -0.2) is 0 Å². The molecule has 1 aliphatic rings. The minimum atomic E-state index is 0.833. The van der Waals surface area contributed by atoms with E-state index in [0.29, 0.717) is 0 Å². The largest absolute Gasteiger partial charge is 0.0654 e. The molecule has 1 radical (unpaired) electrons. The van der Waals surface area contributed by atoms with E-state index >= 15 is 0 Å². The highest BCUT2D eigenvalue weighted by Gasteiger charge is 2.17. The summed E-state index contributed by atoms with van der Waals surface area (Å²) >= 11 is 0. The lowest BCUT2D eigenvalue weighted by atomic mass is 9.82. The van der Waals surface area contributed by atoms with Crippen molar-refractivity contribution in [1.29, 1.82) is 0 Å². The Morgan fingerprint density at radius 1 is 1.31 bits per heavy atom. The predicted molar refractivity (Wildman–Crippen MR) is 56.6 cm³/mol. The Hall–Kier alpha value is -0.780. The first-order valence-electron chi connectivity index (χ1n) is 5.33. The maximum absolute atomic E-state index is 2.46. The van der Waals surface area contributed by atoms with Crippen LogP contribution in [0.2, 0.25) is 0 Å². The van der Waals surface area contributed by atoms with Crippen molar-refractivity contribution in [2.45, 2.75) is 32.6 Å². The SMILES string of the molecule is CCCC1[CH]c2ccccc2CC1. The second-order valence-corrected chi connectivity index (χ2v) is 3.95. The molecule has 0 spiro atoms. The third-order valence-electron chi connectivity index (χ3n) is 2.91. The van der Waals surface area contributed by atoms with Crippen LogP contribution in [0.25, 0.3) is 0 Å². The third kappa shape index (κ3) is 1.93. The van der Waals surface area contributed by atoms with Crippen molar-refractivity contribution >= 4 is 0 Å². The minimum absolute atomic E-state index is 0.833. The molecule has 1 aromatic rings. The molecule has 0 amide bonds. The third-order valence-corrected chi connectivity index (χ3v) is 2.91. The van der Waals surface area contributed by atoms with Gasteiger partial charge in [0, 0.05) is 0 Å². The van der Waals surface area contributed by atoms with E-state index in [0.717, 1.165) is 5.92 Å². The van der Waals surface area contributed by atoms with Crippen molar-refractivity contribution in [1.82, 2.24) is 0 Å². The minimum Gasteiger partial charge on any atom is -0.0654 e. The van der Waals surface area contributed by atoms with Gasteiger partial charge in [-0.1, -0.05) is 44.0 Å². The highest BCUT2D eigenvalue weighted by atomic mass is 14.2. The molecular weight excluding hydrogens is 156 g/mol. The van der Waals surface area contributed by atoms with Crippen LogP contribution in [0.15, 0.2) is 24.3 Å². The Bertz CT molecular complexity index is 275. The molecule has 0 bridgehead atoms. The lowest BCUT2D eigenvalue weighted by Gasteiger charge is -2.23. The molecule has 0 N–H and O–H groups in total. The molecule has 0 saturated carbocycles. The molecule has 0 nitrogen and oxygen atoms in total. The molecule has 13 heavy (non-hydrogen) atoms. The molecule has 0 heterocycles. The second-order valence-electron chi connectivity index (χ2n) is 3.95. The number of hydrogen-bond donors (Lipinski definition) is 0. The maximum Gasteiger partial charge on any atom is -0.00592 e. The van der Waals surface area contributed by atoms with Gasteiger partial charge in [-0.15, -0.1) is 0 Å². The number of aryl methyl sites for hydroxylation is 1. The van der Waals surface area contributed by atoms with Crippen LogP contribution in [-0.4, -0.2) is 0 Å². The fraction of sp³-hybridized carbons (Fsp3) is 0.462. The monoisotopic (exact) mass is 173 g/mol. The maximum atomic E-state index is 2.46. The standard InChI is InChI=1S/C13H17/c1-2-5-11-8-9-12-6-3-4-7-13(12)10-11/h3-4,6-7,10-11H,2,5,8-9H2,1H3. The average Bonchev–Trinajstić information content (AvgIpc) is 2.18. The van der Waals surface area contributed by atoms with Crippen molar-refractivity contribution in [3.05, 3.63) is 41.8 Å². The lowest BCUT2D eigenvalue weighted by Crippen LogP contribution is -2.11. The van der Waals surface area contributed by atoms with Crippen molar-refractivity contribution in [3.8, 4) is 0 Å². The molecular formula is C13H17. The topological polar surface area (TPSA) is 0 Å². The first-order chi connectivity index (χ1) is 6.40. The zero-order valence-corrected chi connectivity index (χ0v) is 8.29. The summed E-state index contributed by atoms with van der Waals surface area (Å²) in [5, 5.41) is 0. The second kappa shape index (κ2) is 3.95. The van der Waals surface area contributed by atoms with Gasteiger partial charge in [0.1, 0.15) is 0 Å². The molecule has 1 atom stereocenters. The normalized spacial score (nSPS) is 21.2. The summed E-state index contributed by atoms with van der Waals surface area (Å²) in [4.78, 5) is 0. The van der Waals surface area contributed by atoms with E-state index in [1.807, 2.05) is 0 Å². The summed E-state index contributed by atoms with van der Waals surface area (Å²) in [6.45, 7) is 2.27. The first-order valence-corrected chi connectivity index (χ1v) is 5.33. The van der Waals surface area contributed by atoms with E-state index in [9.17, 15) is 0 Å². The van der Waals surface area contributed by atoms with Crippen molar-refractivity contribution in [2.75, 3.05) is 0 Å². The molecule has 1 aromatic carbocycles. The molecule has 1 aliphatic carbocycles. The van der Waals surface area contributed by atoms with Crippen molar-refractivity contribution < 1.29 is 0 Å². The molecule has 1 unspecified atom stereocenters. The molecule has 0 fully saturated rings. The van der Waals surface area contributed by atoms with Gasteiger partial charge in [-0.2, -0.15) is 0 Å². The zero-order valence-electron chi connectivity index (χ0n) is 8.29. The van der Waals surface area contributed by atoms with E-state index in [2.05, 4.69) is 37.6 Å². The van der Waals surface area contributed by atoms with Gasteiger partial charge in [0.2, 0.25) is 0 Å². The Morgan fingerprint density at radius 2 is 2.15 bits per heavy atom. The zero-order chi connectivity index (χ0) is 9.10. The summed E-state index contributed by atoms with van der Waals surface area (Å²) < 4.78 is 0. The summed E-state index contributed by atoms with van der Waals surface area (Å²) in [6, 6.07) is 8.79. The highest BCUT2D eigenvalue weighted by molar-refractivity contribution is 5.35. The number of hydrogen-bond acceptors (Lipinski definition) is 0. The Labute approximate surface area is 81.0 Å². The van der Waals surface area contributed by atoms with Gasteiger partial charge < -0.3 is 0 Å². The van der Waals surface area contributed by atoms with Gasteiger partial charge in [-0.3, -0.25) is 0 Å². The molecule has 0 aromatic heterocycles. The first kappa shape index (κ1) is 8.80. The highest BCUT2D eigenvalue weighted by Crippen LogP contribution is 2.29. The van der Waals surface area contributed by atoms with Crippen molar-refractivity contribution in [2.24, 2.45) is 5.92 Å². The summed E-state index contributed by atoms with van der Waals surface area (Å²) in [5.41, 5.74) is 3.02. The summed E-state index contributed by atoms with van der Waals surface area (Å²) in [7, 11) is 0. The number of fused-ring (bicyclic) bond motifs is 1. The molecule has 0 aliphatic heterocycles. The Morgan fingerprint density at radius 3 is 3.00 bits per heavy atom. The smallest absolute Gasteiger partial charge is 0.00592 e. The number of rotatable bonds is 2. The van der Waals surface area contributed by atoms with E-state index in [1.54, 1.807) is 0 Å². The van der Waals surface area contributed by atoms with E-state index < -0.39 is 0 Å². The van der Waals surface area contributed by atoms with Crippen LogP contribution in [0.5, 0.6) is 0 Å². The predicted octanol–water partition coefficient (Wildman–Crippen LogP) is 3.60. The molecule has 0 heteroatoms. The quantitative estimate of drug-likeness (QED) is 0.641. The lowest BCUT2D eigenvalue weighted by molar-refractivity contribution is 0.495. The van der Waals surface area contributed by atoms with Gasteiger partial charge in [0.05, 0.1) is 0 Å². The fourth-order valence-electron chi connectivity index (χ4n) is 2.20. The van der Waals surface area contributed by atoms with Crippen molar-refractivity contribution in [3.63, 3.8) is 0 Å². The van der Waals surface area contributed by atoms with Crippen LogP contribution in [0, 0.1) is 12.3 Å². The van der Waals surface area contributed by atoms with Crippen LogP contribution in [0.3, 0.4) is 0 Å². The van der Waals surface area contributed by atoms with Crippen LogP contribution < -0.4 is 0 Å². The molecule has 0 saturated heterocycles. The molecule has 69 valence electrons. The average molecular weight is 173 g/mol. The Kier molecular flexibility index (Phi) is 2.68. The Balaban J connectivity index is 2.11. The van der Waals surface area contributed by atoms with Gasteiger partial charge in [0.15, 0.2) is 0 Å².